The van der Waals surface area contributed by atoms with Crippen molar-refractivity contribution >= 4 is 38.6 Å². The fourth-order valence-electron chi connectivity index (χ4n) is 1.67. The minimum Gasteiger partial charge on any atom is -0.356 e. The molecule has 0 spiro atoms. The average molecular weight is 341 g/mol. The van der Waals surface area contributed by atoms with Gasteiger partial charge in [0.1, 0.15) is 4.21 Å². The second kappa shape index (κ2) is 5.51. The molecule has 1 aromatic carbocycles. The molecule has 0 unspecified atom stereocenters. The first-order valence-corrected chi connectivity index (χ1v) is 8.57. The number of rotatable bonds is 4. The number of nitrogens with one attached hydrogen (secondary N) is 1. The van der Waals surface area contributed by atoms with Crippen molar-refractivity contribution in [3.05, 3.63) is 53.0 Å². The van der Waals surface area contributed by atoms with E-state index in [9.17, 15) is 8.42 Å². The molecule has 8 heteroatoms. The van der Waals surface area contributed by atoms with Crippen molar-refractivity contribution in [2.45, 2.75) is 4.21 Å². The first-order valence-electron chi connectivity index (χ1n) is 5.82. The van der Waals surface area contributed by atoms with Crippen LogP contribution in [0.2, 0.25) is 5.02 Å². The van der Waals surface area contributed by atoms with E-state index in [1.54, 1.807) is 41.8 Å². The van der Waals surface area contributed by atoms with Gasteiger partial charge in [-0.1, -0.05) is 16.8 Å². The van der Waals surface area contributed by atoms with Crippen LogP contribution in [0.1, 0.15) is 0 Å². The predicted octanol–water partition coefficient (Wildman–Crippen LogP) is 3.86. The number of hydrogen-bond donors (Lipinski definition) is 1. The van der Waals surface area contributed by atoms with Crippen LogP contribution in [0.25, 0.3) is 11.3 Å². The van der Waals surface area contributed by atoms with E-state index in [0.29, 0.717) is 22.0 Å². The Morgan fingerprint density at radius 1 is 1.19 bits per heavy atom. The second-order valence-corrected chi connectivity index (χ2v) is 7.40. The molecule has 0 aliphatic carbocycles. The van der Waals surface area contributed by atoms with Gasteiger partial charge in [0.2, 0.25) is 0 Å². The summed E-state index contributed by atoms with van der Waals surface area (Å²) in [5.74, 6) is 0.527. The van der Waals surface area contributed by atoms with Crippen molar-refractivity contribution in [2.24, 2.45) is 0 Å². The molecule has 0 amide bonds. The Morgan fingerprint density at radius 2 is 1.95 bits per heavy atom. The van der Waals surface area contributed by atoms with Crippen LogP contribution in [0.3, 0.4) is 0 Å². The van der Waals surface area contributed by atoms with Crippen molar-refractivity contribution in [1.29, 1.82) is 0 Å². The third-order valence-corrected chi connectivity index (χ3v) is 5.73. The lowest BCUT2D eigenvalue weighted by molar-refractivity contribution is 0.432. The van der Waals surface area contributed by atoms with Crippen molar-refractivity contribution in [3.63, 3.8) is 0 Å². The first-order chi connectivity index (χ1) is 10.0. The lowest BCUT2D eigenvalue weighted by atomic mass is 10.3. The van der Waals surface area contributed by atoms with Crippen molar-refractivity contribution < 1.29 is 12.9 Å². The Bertz CT molecular complexity index is 840. The van der Waals surface area contributed by atoms with E-state index < -0.39 is 10.0 Å². The molecular weight excluding hydrogens is 332 g/mol. The summed E-state index contributed by atoms with van der Waals surface area (Å²) < 4.78 is 32.3. The fraction of sp³-hybridized carbons (Fsp3) is 0. The number of thiophene rings is 1. The van der Waals surface area contributed by atoms with Crippen LogP contribution < -0.4 is 4.72 Å². The summed E-state index contributed by atoms with van der Waals surface area (Å²) in [5.41, 5.74) is 1.13. The molecule has 0 fully saturated rings. The standard InChI is InChI=1S/C13H9ClN2O3S2/c14-10-1-3-11(4-2-10)16-21(17,18)13-7-9(8-20-13)12-5-6-15-19-12/h1-8,16H. The minimum atomic E-state index is -3.63. The summed E-state index contributed by atoms with van der Waals surface area (Å²) in [7, 11) is -3.63. The van der Waals surface area contributed by atoms with E-state index >= 15 is 0 Å². The smallest absolute Gasteiger partial charge is 0.271 e. The lowest BCUT2D eigenvalue weighted by Crippen LogP contribution is -2.11. The molecule has 1 N–H and O–H groups in total. The highest BCUT2D eigenvalue weighted by atomic mass is 35.5. The van der Waals surface area contributed by atoms with Crippen LogP contribution in [0, 0.1) is 0 Å². The van der Waals surface area contributed by atoms with Crippen LogP contribution in [0.4, 0.5) is 5.69 Å². The summed E-state index contributed by atoms with van der Waals surface area (Å²) in [6, 6.07) is 9.66. The highest BCUT2D eigenvalue weighted by Gasteiger charge is 2.18. The van der Waals surface area contributed by atoms with Crippen LogP contribution in [0.5, 0.6) is 0 Å². The molecule has 3 rings (SSSR count). The molecule has 0 aliphatic rings. The first kappa shape index (κ1) is 14.1. The van der Waals surface area contributed by atoms with E-state index in [4.69, 9.17) is 16.1 Å². The average Bonchev–Trinajstić information content (AvgIpc) is 3.11. The number of halogens is 1. The van der Waals surface area contributed by atoms with Crippen LogP contribution in [-0.4, -0.2) is 13.6 Å². The molecule has 0 aliphatic heterocycles. The Morgan fingerprint density at radius 3 is 2.62 bits per heavy atom. The molecule has 2 aromatic heterocycles. The summed E-state index contributed by atoms with van der Waals surface area (Å²) in [6.07, 6.45) is 1.51. The van der Waals surface area contributed by atoms with Gasteiger partial charge in [0.25, 0.3) is 10.0 Å². The molecule has 0 bridgehead atoms. The lowest BCUT2D eigenvalue weighted by Gasteiger charge is -2.05. The molecule has 0 saturated carbocycles. The van der Waals surface area contributed by atoms with Crippen molar-refractivity contribution in [2.75, 3.05) is 4.72 Å². The van der Waals surface area contributed by atoms with E-state index in [-0.39, 0.29) is 4.21 Å². The Balaban J connectivity index is 1.87. The van der Waals surface area contributed by atoms with Crippen molar-refractivity contribution in [1.82, 2.24) is 5.16 Å². The summed E-state index contributed by atoms with van der Waals surface area (Å²) in [4.78, 5) is 0. The Kier molecular flexibility index (Phi) is 3.71. The second-order valence-electron chi connectivity index (χ2n) is 4.14. The highest BCUT2D eigenvalue weighted by molar-refractivity contribution is 7.94. The van der Waals surface area contributed by atoms with Gasteiger partial charge in [0.05, 0.1) is 6.20 Å². The zero-order chi connectivity index (χ0) is 14.9. The zero-order valence-corrected chi connectivity index (χ0v) is 12.9. The third kappa shape index (κ3) is 3.10. The van der Waals surface area contributed by atoms with Gasteiger partial charge < -0.3 is 4.52 Å². The Hall–Kier alpha value is -1.83. The third-order valence-electron chi connectivity index (χ3n) is 2.66. The topological polar surface area (TPSA) is 72.2 Å². The molecule has 2 heterocycles. The number of aromatic nitrogens is 1. The molecule has 0 saturated heterocycles. The Labute approximate surface area is 130 Å². The molecular formula is C13H9ClN2O3S2. The number of anilines is 1. The zero-order valence-electron chi connectivity index (χ0n) is 10.5. The van der Waals surface area contributed by atoms with E-state index in [1.165, 1.54) is 6.20 Å². The normalized spacial score (nSPS) is 11.5. The largest absolute Gasteiger partial charge is 0.356 e. The summed E-state index contributed by atoms with van der Waals surface area (Å²) in [5, 5.41) is 5.85. The van der Waals surface area contributed by atoms with Crippen LogP contribution in [-0.2, 0) is 10.0 Å². The highest BCUT2D eigenvalue weighted by Crippen LogP contribution is 2.29. The van der Waals surface area contributed by atoms with E-state index in [2.05, 4.69) is 9.88 Å². The predicted molar refractivity (Wildman–Crippen MR) is 82.1 cm³/mol. The van der Waals surface area contributed by atoms with Gasteiger partial charge in [-0.15, -0.1) is 11.3 Å². The fourth-order valence-corrected chi connectivity index (χ4v) is 4.03. The maximum Gasteiger partial charge on any atom is 0.271 e. The van der Waals surface area contributed by atoms with Crippen LogP contribution in [0.15, 0.2) is 56.7 Å². The van der Waals surface area contributed by atoms with Gasteiger partial charge in [0.15, 0.2) is 5.76 Å². The molecule has 5 nitrogen and oxygen atoms in total. The van der Waals surface area contributed by atoms with Gasteiger partial charge in [0, 0.05) is 27.7 Å². The number of hydrogen-bond acceptors (Lipinski definition) is 5. The molecule has 3 aromatic rings. The monoisotopic (exact) mass is 340 g/mol. The van der Waals surface area contributed by atoms with Gasteiger partial charge >= 0.3 is 0 Å². The van der Waals surface area contributed by atoms with E-state index in [1.807, 2.05) is 0 Å². The van der Waals surface area contributed by atoms with E-state index in [0.717, 1.165) is 11.3 Å². The molecule has 21 heavy (non-hydrogen) atoms. The SMILES string of the molecule is O=S(=O)(Nc1ccc(Cl)cc1)c1cc(-c2ccno2)cs1. The van der Waals surface area contributed by atoms with Crippen LogP contribution >= 0.6 is 22.9 Å². The van der Waals surface area contributed by atoms with Gasteiger partial charge in [-0.2, -0.15) is 0 Å². The van der Waals surface area contributed by atoms with Gasteiger partial charge in [-0.25, -0.2) is 8.42 Å². The maximum absolute atomic E-state index is 12.3. The van der Waals surface area contributed by atoms with Gasteiger partial charge in [-0.05, 0) is 30.3 Å². The van der Waals surface area contributed by atoms with Crippen molar-refractivity contribution in [3.8, 4) is 11.3 Å². The molecule has 108 valence electrons. The summed E-state index contributed by atoms with van der Waals surface area (Å²) in [6.45, 7) is 0. The minimum absolute atomic E-state index is 0.198. The number of nitrogens with zero attached hydrogens (tertiary/aromatic N) is 1. The summed E-state index contributed by atoms with van der Waals surface area (Å²) >= 11 is 6.88. The quantitative estimate of drug-likeness (QED) is 0.782. The maximum atomic E-state index is 12.3. The molecule has 0 radical (unpaired) electrons. The number of benzene rings is 1. The number of sulfonamides is 1. The van der Waals surface area contributed by atoms with Gasteiger partial charge in [-0.3, -0.25) is 4.72 Å². The molecule has 0 atom stereocenters.